The molecule has 0 aliphatic carbocycles. The van der Waals surface area contributed by atoms with Crippen LogP contribution in [0.2, 0.25) is 5.02 Å². The zero-order valence-corrected chi connectivity index (χ0v) is 17.7. The first kappa shape index (κ1) is 20.8. The van der Waals surface area contributed by atoms with Gasteiger partial charge in [0.2, 0.25) is 0 Å². The van der Waals surface area contributed by atoms with Gasteiger partial charge in [0.05, 0.1) is 23.9 Å². The Balaban J connectivity index is 1.77. The molecular weight excluding hydrogens is 426 g/mol. The lowest BCUT2D eigenvalue weighted by molar-refractivity contribution is 0.414. The Labute approximate surface area is 189 Å². The smallest absolute Gasteiger partial charge is 0.145 e. The molecule has 4 rings (SSSR count). The predicted octanol–water partition coefficient (Wildman–Crippen LogP) is 5.31. The van der Waals surface area contributed by atoms with Crippen molar-refractivity contribution in [3.63, 3.8) is 0 Å². The Bertz CT molecular complexity index is 1400. The summed E-state index contributed by atoms with van der Waals surface area (Å²) in [4.78, 5) is 0. The number of methoxy groups -OCH3 is 1. The van der Waals surface area contributed by atoms with Gasteiger partial charge in [0.1, 0.15) is 46.5 Å². The van der Waals surface area contributed by atoms with E-state index in [1.165, 1.54) is 10.8 Å². The molecule has 2 aromatic heterocycles. The minimum absolute atomic E-state index is 0.116. The molecule has 32 heavy (non-hydrogen) atoms. The summed E-state index contributed by atoms with van der Waals surface area (Å²) < 4.78 is 12.7. The third kappa shape index (κ3) is 3.81. The van der Waals surface area contributed by atoms with Gasteiger partial charge in [-0.3, -0.25) is 0 Å². The van der Waals surface area contributed by atoms with Crippen molar-refractivity contribution in [1.29, 1.82) is 10.5 Å². The molecule has 0 unspecified atom stereocenters. The Morgan fingerprint density at radius 3 is 2.62 bits per heavy atom. The molecule has 7 nitrogen and oxygen atoms in total. The van der Waals surface area contributed by atoms with E-state index < -0.39 is 0 Å². The van der Waals surface area contributed by atoms with Crippen molar-refractivity contribution in [2.45, 2.75) is 0 Å². The van der Waals surface area contributed by atoms with Crippen molar-refractivity contribution in [3.05, 3.63) is 82.7 Å². The maximum atomic E-state index is 9.78. The number of furan rings is 1. The zero-order chi connectivity index (χ0) is 22.7. The Morgan fingerprint density at radius 1 is 1.16 bits per heavy atom. The van der Waals surface area contributed by atoms with E-state index in [-0.39, 0.29) is 22.6 Å². The second-order valence-corrected chi connectivity index (χ2v) is 7.12. The number of hydrogen-bond acceptors (Lipinski definition) is 6. The first-order valence-corrected chi connectivity index (χ1v) is 9.83. The number of ether oxygens (including phenoxy) is 1. The van der Waals surface area contributed by atoms with Gasteiger partial charge in [-0.25, -0.2) is 4.68 Å². The van der Waals surface area contributed by atoms with Gasteiger partial charge in [-0.05, 0) is 42.5 Å². The standard InChI is InChI=1S/C24H16ClN5O2/c1-31-21-9-7-16(25)12-19(21)22-10-8-18(32-22)11-15(13-26)23-20(14-27)24(28)30(29-23)17-5-3-2-4-6-17/h2-12H,28H2,1H3/b15-11+. The molecule has 0 radical (unpaired) electrons. The van der Waals surface area contributed by atoms with E-state index in [9.17, 15) is 10.5 Å². The Kier molecular flexibility index (Phi) is 5.67. The van der Waals surface area contributed by atoms with Gasteiger partial charge in [0.15, 0.2) is 0 Å². The van der Waals surface area contributed by atoms with Crippen LogP contribution in [0.15, 0.2) is 65.1 Å². The lowest BCUT2D eigenvalue weighted by atomic mass is 10.1. The number of anilines is 1. The average Bonchev–Trinajstić information content (AvgIpc) is 3.42. The van der Waals surface area contributed by atoms with E-state index in [0.717, 1.165) is 0 Å². The number of nitrogens with zero attached hydrogens (tertiary/aromatic N) is 4. The first-order chi connectivity index (χ1) is 15.5. The van der Waals surface area contributed by atoms with Gasteiger partial charge >= 0.3 is 0 Å². The van der Waals surface area contributed by atoms with E-state index in [0.29, 0.717) is 33.5 Å². The number of hydrogen-bond donors (Lipinski definition) is 1. The van der Waals surface area contributed by atoms with E-state index in [4.69, 9.17) is 26.5 Å². The molecule has 156 valence electrons. The van der Waals surface area contributed by atoms with Gasteiger partial charge in [-0.1, -0.05) is 29.8 Å². The highest BCUT2D eigenvalue weighted by atomic mass is 35.5. The second-order valence-electron chi connectivity index (χ2n) is 6.68. The maximum Gasteiger partial charge on any atom is 0.145 e. The highest BCUT2D eigenvalue weighted by molar-refractivity contribution is 6.30. The van der Waals surface area contributed by atoms with Crippen LogP contribution in [0.5, 0.6) is 5.75 Å². The highest BCUT2D eigenvalue weighted by Crippen LogP contribution is 2.34. The average molecular weight is 442 g/mol. The van der Waals surface area contributed by atoms with Crippen LogP contribution < -0.4 is 10.5 Å². The summed E-state index contributed by atoms with van der Waals surface area (Å²) in [6.45, 7) is 0. The number of nitrogens with two attached hydrogens (primary N) is 1. The van der Waals surface area contributed by atoms with Crippen LogP contribution in [-0.2, 0) is 0 Å². The Morgan fingerprint density at radius 2 is 1.94 bits per heavy atom. The fourth-order valence-corrected chi connectivity index (χ4v) is 3.41. The van der Waals surface area contributed by atoms with E-state index in [2.05, 4.69) is 11.2 Å². The van der Waals surface area contributed by atoms with Crippen LogP contribution in [0.1, 0.15) is 17.0 Å². The van der Waals surface area contributed by atoms with Gasteiger partial charge in [-0.2, -0.15) is 15.6 Å². The minimum atomic E-state index is 0.116. The normalized spacial score (nSPS) is 11.1. The van der Waals surface area contributed by atoms with Crippen molar-refractivity contribution in [2.24, 2.45) is 0 Å². The summed E-state index contributed by atoms with van der Waals surface area (Å²) in [7, 11) is 1.56. The van der Waals surface area contributed by atoms with Crippen LogP contribution >= 0.6 is 11.6 Å². The lowest BCUT2D eigenvalue weighted by Crippen LogP contribution is -2.02. The van der Waals surface area contributed by atoms with Crippen molar-refractivity contribution in [1.82, 2.24) is 9.78 Å². The van der Waals surface area contributed by atoms with Crippen LogP contribution in [-0.4, -0.2) is 16.9 Å². The molecule has 0 amide bonds. The number of halogens is 1. The lowest BCUT2D eigenvalue weighted by Gasteiger charge is -2.06. The molecule has 8 heteroatoms. The number of nitrogen functional groups attached to an aromatic ring is 1. The first-order valence-electron chi connectivity index (χ1n) is 9.45. The Hall–Kier alpha value is -4.46. The third-order valence-electron chi connectivity index (χ3n) is 4.75. The molecule has 4 aromatic rings. The van der Waals surface area contributed by atoms with Crippen LogP contribution in [0, 0.1) is 22.7 Å². The van der Waals surface area contributed by atoms with Crippen molar-refractivity contribution in [2.75, 3.05) is 12.8 Å². The minimum Gasteiger partial charge on any atom is -0.496 e. The molecular formula is C24H16ClN5O2. The molecule has 0 aliphatic heterocycles. The molecule has 0 aliphatic rings. The topological polar surface area (TPSA) is 114 Å². The highest BCUT2D eigenvalue weighted by Gasteiger charge is 2.20. The molecule has 0 saturated carbocycles. The fourth-order valence-electron chi connectivity index (χ4n) is 3.24. The van der Waals surface area contributed by atoms with Gasteiger partial charge in [-0.15, -0.1) is 0 Å². The van der Waals surface area contributed by atoms with E-state index in [1.807, 2.05) is 24.3 Å². The fraction of sp³-hybridized carbons (Fsp3) is 0.0417. The van der Waals surface area contributed by atoms with Gasteiger partial charge in [0, 0.05) is 11.1 Å². The number of rotatable bonds is 5. The number of allylic oxidation sites excluding steroid dienone is 1. The summed E-state index contributed by atoms with van der Waals surface area (Å²) >= 11 is 6.11. The van der Waals surface area contributed by atoms with Crippen LogP contribution in [0.25, 0.3) is 28.7 Å². The quantitative estimate of drug-likeness (QED) is 0.419. The van der Waals surface area contributed by atoms with Crippen LogP contribution in [0.4, 0.5) is 5.82 Å². The second kappa shape index (κ2) is 8.73. The number of benzene rings is 2. The maximum absolute atomic E-state index is 9.78. The summed E-state index contributed by atoms with van der Waals surface area (Å²) in [6, 6.07) is 21.9. The van der Waals surface area contributed by atoms with E-state index >= 15 is 0 Å². The van der Waals surface area contributed by atoms with Crippen molar-refractivity contribution in [3.8, 4) is 34.9 Å². The number of aromatic nitrogens is 2. The molecule has 2 aromatic carbocycles. The molecule has 0 saturated heterocycles. The molecule has 0 bridgehead atoms. The monoisotopic (exact) mass is 441 g/mol. The SMILES string of the molecule is COc1ccc(Cl)cc1-c1ccc(/C=C(\C#N)c2nn(-c3ccccc3)c(N)c2C#N)o1. The molecule has 0 spiro atoms. The summed E-state index contributed by atoms with van der Waals surface area (Å²) in [5.41, 5.74) is 7.94. The van der Waals surface area contributed by atoms with E-state index in [1.54, 1.807) is 49.6 Å². The van der Waals surface area contributed by atoms with Crippen molar-refractivity contribution >= 4 is 29.1 Å². The van der Waals surface area contributed by atoms with Crippen molar-refractivity contribution < 1.29 is 9.15 Å². The summed E-state index contributed by atoms with van der Waals surface area (Å²) in [6.07, 6.45) is 1.51. The number of nitriles is 2. The largest absolute Gasteiger partial charge is 0.496 e. The third-order valence-corrected chi connectivity index (χ3v) is 4.98. The molecule has 2 N–H and O–H groups in total. The molecule has 0 atom stereocenters. The summed E-state index contributed by atoms with van der Waals surface area (Å²) in [5, 5.41) is 24.4. The number of para-hydroxylation sites is 1. The molecule has 2 heterocycles. The van der Waals surface area contributed by atoms with Gasteiger partial charge < -0.3 is 14.9 Å². The van der Waals surface area contributed by atoms with Crippen LogP contribution in [0.3, 0.4) is 0 Å². The summed E-state index contributed by atoms with van der Waals surface area (Å²) in [5.74, 6) is 1.66. The zero-order valence-electron chi connectivity index (χ0n) is 16.9. The predicted molar refractivity (Wildman–Crippen MR) is 122 cm³/mol. The van der Waals surface area contributed by atoms with Gasteiger partial charge in [0.25, 0.3) is 0 Å². The molecule has 0 fully saturated rings.